The van der Waals surface area contributed by atoms with Crippen molar-refractivity contribution in [2.75, 3.05) is 12.4 Å². The fourth-order valence-electron chi connectivity index (χ4n) is 2.73. The largest absolute Gasteiger partial charge is 0.495 e. The first kappa shape index (κ1) is 21.3. The minimum absolute atomic E-state index is 0.134. The highest BCUT2D eigenvalue weighted by Crippen LogP contribution is 2.30. The van der Waals surface area contributed by atoms with E-state index in [4.69, 9.17) is 4.74 Å². The van der Waals surface area contributed by atoms with Crippen LogP contribution in [0.25, 0.3) is 0 Å². The van der Waals surface area contributed by atoms with Crippen LogP contribution in [0.4, 0.5) is 11.4 Å². The first-order valence-corrected chi connectivity index (χ1v) is 9.99. The Morgan fingerprint density at radius 3 is 2.67 bits per heavy atom. The molecule has 30 heavy (non-hydrogen) atoms. The molecule has 1 atom stereocenters. The van der Waals surface area contributed by atoms with Gasteiger partial charge in [-0.1, -0.05) is 42.1 Å². The van der Waals surface area contributed by atoms with Crippen LogP contribution < -0.4 is 10.1 Å². The van der Waals surface area contributed by atoms with Crippen molar-refractivity contribution in [2.24, 2.45) is 7.05 Å². The number of carbonyl (C=O) groups is 1. The molecule has 10 heteroatoms. The molecule has 1 heterocycles. The second-order valence-corrected chi connectivity index (χ2v) is 7.82. The molecule has 0 radical (unpaired) electrons. The summed E-state index contributed by atoms with van der Waals surface area (Å²) in [6.45, 7) is 1.73. The Labute approximate surface area is 177 Å². The maximum atomic E-state index is 12.7. The topological polar surface area (TPSA) is 112 Å². The number of aromatic nitrogens is 3. The average Bonchev–Trinajstić information content (AvgIpc) is 3.07. The molecule has 156 valence electrons. The van der Waals surface area contributed by atoms with E-state index in [2.05, 4.69) is 15.5 Å². The van der Waals surface area contributed by atoms with Crippen LogP contribution in [-0.4, -0.2) is 38.0 Å². The van der Waals surface area contributed by atoms with Crippen molar-refractivity contribution >= 4 is 29.0 Å². The molecule has 0 unspecified atom stereocenters. The van der Waals surface area contributed by atoms with Crippen molar-refractivity contribution in [1.82, 2.24) is 14.8 Å². The lowest BCUT2D eigenvalue weighted by Gasteiger charge is -2.14. The van der Waals surface area contributed by atoms with Gasteiger partial charge in [-0.05, 0) is 18.6 Å². The molecule has 0 aliphatic rings. The number of thioether (sulfide) groups is 1. The number of nitro groups is 1. The fraction of sp³-hybridized carbons (Fsp3) is 0.250. The molecule has 0 saturated carbocycles. The third-order valence-electron chi connectivity index (χ3n) is 4.43. The number of nitro benzene ring substituents is 1. The number of ether oxygens (including phenoxy) is 1. The van der Waals surface area contributed by atoms with Crippen molar-refractivity contribution in [1.29, 1.82) is 0 Å². The molecule has 0 fully saturated rings. The molecule has 0 spiro atoms. The summed E-state index contributed by atoms with van der Waals surface area (Å²) in [6.07, 6.45) is 0.635. The number of hydrogen-bond acceptors (Lipinski definition) is 7. The number of hydrogen-bond donors (Lipinski definition) is 1. The Morgan fingerprint density at radius 1 is 1.27 bits per heavy atom. The van der Waals surface area contributed by atoms with Crippen LogP contribution in [0.1, 0.15) is 18.3 Å². The summed E-state index contributed by atoms with van der Waals surface area (Å²) in [4.78, 5) is 23.1. The predicted molar refractivity (Wildman–Crippen MR) is 114 cm³/mol. The zero-order valence-corrected chi connectivity index (χ0v) is 17.5. The standard InChI is InChI=1S/C20H21N5O4S/c1-13(19(26)21-16-12-15(25(27)28)9-10-17(16)29-3)30-20-23-22-18(24(20)2)11-14-7-5-4-6-8-14/h4-10,12-13H,11H2,1-3H3,(H,21,26)/t13-/m0/s1. The van der Waals surface area contributed by atoms with Crippen LogP contribution >= 0.6 is 11.8 Å². The highest BCUT2D eigenvalue weighted by atomic mass is 32.2. The molecule has 2 aromatic carbocycles. The van der Waals surface area contributed by atoms with Crippen molar-refractivity contribution in [3.05, 3.63) is 70.0 Å². The molecule has 3 rings (SSSR count). The molecule has 0 aliphatic heterocycles. The number of amides is 1. The van der Waals surface area contributed by atoms with Gasteiger partial charge in [-0.25, -0.2) is 0 Å². The fourth-order valence-corrected chi connectivity index (χ4v) is 3.57. The minimum atomic E-state index is -0.527. The van der Waals surface area contributed by atoms with E-state index in [0.29, 0.717) is 17.3 Å². The second-order valence-electron chi connectivity index (χ2n) is 6.51. The Balaban J connectivity index is 1.69. The summed E-state index contributed by atoms with van der Waals surface area (Å²) in [7, 11) is 3.29. The van der Waals surface area contributed by atoms with Gasteiger partial charge in [-0.3, -0.25) is 14.9 Å². The van der Waals surface area contributed by atoms with Crippen molar-refractivity contribution in [3.8, 4) is 5.75 Å². The lowest BCUT2D eigenvalue weighted by molar-refractivity contribution is -0.384. The number of carbonyl (C=O) groups excluding carboxylic acids is 1. The number of anilines is 1. The predicted octanol–water partition coefficient (Wildman–Crippen LogP) is 3.44. The van der Waals surface area contributed by atoms with Crippen LogP contribution in [0.15, 0.2) is 53.7 Å². The summed E-state index contributed by atoms with van der Waals surface area (Å²) >= 11 is 1.26. The second kappa shape index (κ2) is 9.40. The van der Waals surface area contributed by atoms with Gasteiger partial charge in [0.15, 0.2) is 5.16 Å². The van der Waals surface area contributed by atoms with Crippen molar-refractivity contribution in [2.45, 2.75) is 23.8 Å². The molecule has 0 aliphatic carbocycles. The third-order valence-corrected chi connectivity index (χ3v) is 5.57. The van der Waals surface area contributed by atoms with Crippen LogP contribution in [-0.2, 0) is 18.3 Å². The number of benzene rings is 2. The number of nitrogens with zero attached hydrogens (tertiary/aromatic N) is 4. The van der Waals surface area contributed by atoms with Crippen LogP contribution in [0, 0.1) is 10.1 Å². The highest BCUT2D eigenvalue weighted by Gasteiger charge is 2.21. The van der Waals surface area contributed by atoms with Gasteiger partial charge in [-0.15, -0.1) is 10.2 Å². The molecule has 1 N–H and O–H groups in total. The molecule has 1 amide bonds. The van der Waals surface area contributed by atoms with Gasteiger partial charge in [0.25, 0.3) is 5.69 Å². The molecule has 9 nitrogen and oxygen atoms in total. The first-order chi connectivity index (χ1) is 14.4. The zero-order valence-electron chi connectivity index (χ0n) is 16.7. The Hall–Kier alpha value is -3.40. The molecule has 1 aromatic heterocycles. The first-order valence-electron chi connectivity index (χ1n) is 9.11. The Bertz CT molecular complexity index is 1050. The van der Waals surface area contributed by atoms with E-state index < -0.39 is 10.2 Å². The number of non-ortho nitro benzene ring substituents is 1. The summed E-state index contributed by atoms with van der Waals surface area (Å²) in [5, 5.41) is 22.2. The van der Waals surface area contributed by atoms with Crippen molar-refractivity contribution < 1.29 is 14.5 Å². The SMILES string of the molecule is COc1ccc([N+](=O)[O-])cc1NC(=O)[C@H](C)Sc1nnc(Cc2ccccc2)n1C. The van der Waals surface area contributed by atoms with Gasteiger partial charge in [0.1, 0.15) is 11.6 Å². The normalized spacial score (nSPS) is 11.7. The van der Waals surface area contributed by atoms with Gasteiger partial charge in [0.2, 0.25) is 5.91 Å². The maximum Gasteiger partial charge on any atom is 0.271 e. The summed E-state index contributed by atoms with van der Waals surface area (Å²) < 4.78 is 7.04. The van der Waals surface area contributed by atoms with E-state index in [0.717, 1.165) is 11.4 Å². The molecule has 0 saturated heterocycles. The van der Waals surface area contributed by atoms with Gasteiger partial charge in [0.05, 0.1) is 23.0 Å². The van der Waals surface area contributed by atoms with Crippen LogP contribution in [0.3, 0.4) is 0 Å². The van der Waals surface area contributed by atoms with E-state index in [1.54, 1.807) is 6.92 Å². The summed E-state index contributed by atoms with van der Waals surface area (Å²) in [6, 6.07) is 14.0. The summed E-state index contributed by atoms with van der Waals surface area (Å²) in [5.41, 5.74) is 1.23. The molecular weight excluding hydrogens is 406 g/mol. The van der Waals surface area contributed by atoms with Gasteiger partial charge in [-0.2, -0.15) is 0 Å². The van der Waals surface area contributed by atoms with E-state index >= 15 is 0 Å². The monoisotopic (exact) mass is 427 g/mol. The van der Waals surface area contributed by atoms with E-state index in [1.165, 1.54) is 37.1 Å². The summed E-state index contributed by atoms with van der Waals surface area (Å²) in [5.74, 6) is 0.804. The van der Waals surface area contributed by atoms with Gasteiger partial charge >= 0.3 is 0 Å². The van der Waals surface area contributed by atoms with Crippen LogP contribution in [0.2, 0.25) is 0 Å². The number of rotatable bonds is 8. The van der Waals surface area contributed by atoms with Gasteiger partial charge in [0, 0.05) is 25.6 Å². The Kier molecular flexibility index (Phi) is 6.68. The lowest BCUT2D eigenvalue weighted by Crippen LogP contribution is -2.23. The smallest absolute Gasteiger partial charge is 0.271 e. The zero-order chi connectivity index (χ0) is 21.7. The van der Waals surface area contributed by atoms with E-state index in [9.17, 15) is 14.9 Å². The minimum Gasteiger partial charge on any atom is -0.495 e. The van der Waals surface area contributed by atoms with E-state index in [-0.39, 0.29) is 17.3 Å². The number of nitrogens with one attached hydrogen (secondary N) is 1. The quantitative estimate of drug-likeness (QED) is 0.333. The Morgan fingerprint density at radius 2 is 2.00 bits per heavy atom. The maximum absolute atomic E-state index is 12.7. The highest BCUT2D eigenvalue weighted by molar-refractivity contribution is 8.00. The van der Waals surface area contributed by atoms with Crippen LogP contribution in [0.5, 0.6) is 5.75 Å². The average molecular weight is 427 g/mol. The lowest BCUT2D eigenvalue weighted by atomic mass is 10.1. The molecular formula is C20H21N5O4S. The third kappa shape index (κ3) is 4.95. The van der Waals surface area contributed by atoms with Gasteiger partial charge < -0.3 is 14.6 Å². The molecule has 3 aromatic rings. The van der Waals surface area contributed by atoms with E-state index in [1.807, 2.05) is 41.9 Å². The number of methoxy groups -OCH3 is 1. The van der Waals surface area contributed by atoms with Crippen molar-refractivity contribution in [3.63, 3.8) is 0 Å². The molecule has 0 bridgehead atoms.